The van der Waals surface area contributed by atoms with Crippen molar-refractivity contribution < 1.29 is 41.4 Å². The van der Waals surface area contributed by atoms with Crippen LogP contribution in [0.15, 0.2) is 24.3 Å². The molecule has 2 saturated carbocycles. The van der Waals surface area contributed by atoms with E-state index in [1.54, 1.807) is 39.8 Å². The summed E-state index contributed by atoms with van der Waals surface area (Å²) in [6.45, 7) is 14.3. The molecule has 1 N–H and O–H groups in total. The summed E-state index contributed by atoms with van der Waals surface area (Å²) in [5.41, 5.74) is -2.31. The minimum absolute atomic E-state index is 0.0154. The van der Waals surface area contributed by atoms with Crippen LogP contribution in [0.4, 0.5) is 0 Å². The molecule has 1 aromatic carbocycles. The summed E-state index contributed by atoms with van der Waals surface area (Å²) >= 11 is 0. The van der Waals surface area contributed by atoms with Crippen LogP contribution in [0.25, 0.3) is 11.0 Å². The average Bonchev–Trinajstić information content (AvgIpc) is 3.76. The number of Topliss-reactive ketones (excluding diaryl/α,β-unsaturated/α-hetero) is 1. The second-order valence-electron chi connectivity index (χ2n) is 16.2. The van der Waals surface area contributed by atoms with Gasteiger partial charge in [0.15, 0.2) is 5.78 Å². The Bertz CT molecular complexity index is 1720. The lowest BCUT2D eigenvalue weighted by Gasteiger charge is -2.35. The van der Waals surface area contributed by atoms with Gasteiger partial charge in [0.1, 0.15) is 22.7 Å². The van der Waals surface area contributed by atoms with Gasteiger partial charge in [0.2, 0.25) is 11.8 Å². The number of rotatable bonds is 13. The molecule has 0 bridgehead atoms. The third kappa shape index (κ3) is 8.42. The summed E-state index contributed by atoms with van der Waals surface area (Å²) in [5.74, 6) is -3.19. The zero-order valence-corrected chi connectivity index (χ0v) is 30.5. The van der Waals surface area contributed by atoms with Gasteiger partial charge in [-0.2, -0.15) is 8.42 Å². The van der Waals surface area contributed by atoms with Gasteiger partial charge in [-0.05, 0) is 75.6 Å². The summed E-state index contributed by atoms with van der Waals surface area (Å²) in [4.78, 5) is 64.2. The zero-order chi connectivity index (χ0) is 36.2. The molecule has 0 spiro atoms. The van der Waals surface area contributed by atoms with Crippen molar-refractivity contribution in [3.8, 4) is 0 Å². The van der Waals surface area contributed by atoms with Crippen molar-refractivity contribution in [2.75, 3.05) is 6.54 Å². The number of carbonyl (C=O) groups excluding carboxylic acids is 4. The Morgan fingerprint density at radius 1 is 1.08 bits per heavy atom. The number of hydrogen-bond donors (Lipinski definition) is 1. The number of amides is 2. The molecule has 15 heteroatoms. The molecular formula is C34H49N5O9S. The van der Waals surface area contributed by atoms with Gasteiger partial charge >= 0.3 is 16.3 Å². The Labute approximate surface area is 287 Å². The van der Waals surface area contributed by atoms with E-state index in [1.165, 1.54) is 9.75 Å². The number of ketones is 1. The molecule has 1 aromatic heterocycles. The third-order valence-corrected chi connectivity index (χ3v) is 10.8. The van der Waals surface area contributed by atoms with Crippen molar-refractivity contribution in [1.82, 2.24) is 24.8 Å². The molecule has 5 rings (SSSR count). The Balaban J connectivity index is 1.41. The molecule has 1 saturated heterocycles. The SMILES string of the molecule is CC[C@@H]1C[C@]1(CC(=O)[C@@H]1C[C@@H](On2nnc3ccccc32)CN1C(=O)[C@@H](CC(=O)OC(C)(C)C)C(C)(C)C)C(=O)NS(=O)(=O)OC1(C)CC1. The number of benzene rings is 1. The van der Waals surface area contributed by atoms with Gasteiger partial charge in [0.25, 0.3) is 0 Å². The highest BCUT2D eigenvalue weighted by molar-refractivity contribution is 7.85. The van der Waals surface area contributed by atoms with E-state index in [1.807, 2.05) is 39.8 Å². The fourth-order valence-electron chi connectivity index (χ4n) is 6.68. The van der Waals surface area contributed by atoms with E-state index in [4.69, 9.17) is 13.8 Å². The van der Waals surface area contributed by atoms with Crippen molar-refractivity contribution in [3.63, 3.8) is 0 Å². The van der Waals surface area contributed by atoms with Crippen LogP contribution in [-0.2, 0) is 38.4 Å². The van der Waals surface area contributed by atoms with Crippen molar-refractivity contribution in [2.45, 2.75) is 124 Å². The molecule has 1 aliphatic heterocycles. The van der Waals surface area contributed by atoms with E-state index in [9.17, 15) is 27.6 Å². The monoisotopic (exact) mass is 703 g/mol. The Morgan fingerprint density at radius 3 is 2.35 bits per heavy atom. The van der Waals surface area contributed by atoms with Crippen LogP contribution in [0.5, 0.6) is 0 Å². The number of ether oxygens (including phenoxy) is 1. The number of carbonyl (C=O) groups is 4. The molecule has 0 radical (unpaired) electrons. The molecule has 5 atom stereocenters. The van der Waals surface area contributed by atoms with Crippen molar-refractivity contribution in [2.24, 2.45) is 22.7 Å². The van der Waals surface area contributed by atoms with Gasteiger partial charge in [0, 0.05) is 12.8 Å². The normalized spacial score (nSPS) is 25.5. The fourth-order valence-corrected chi connectivity index (χ4v) is 7.85. The van der Waals surface area contributed by atoms with Gasteiger partial charge in [0.05, 0.1) is 35.9 Å². The first kappa shape index (κ1) is 36.7. The first-order chi connectivity index (χ1) is 22.7. The van der Waals surface area contributed by atoms with Crippen LogP contribution in [0.1, 0.15) is 100 Å². The molecule has 2 heterocycles. The van der Waals surface area contributed by atoms with Crippen molar-refractivity contribution in [1.29, 1.82) is 0 Å². The molecule has 0 unspecified atom stereocenters. The molecule has 3 fully saturated rings. The highest BCUT2D eigenvalue weighted by Crippen LogP contribution is 2.58. The van der Waals surface area contributed by atoms with Crippen LogP contribution < -0.4 is 9.56 Å². The van der Waals surface area contributed by atoms with E-state index in [-0.39, 0.29) is 31.7 Å². The number of fused-ring (bicyclic) bond motifs is 1. The molecule has 14 nitrogen and oxygen atoms in total. The smallest absolute Gasteiger partial charge is 0.362 e. The summed E-state index contributed by atoms with van der Waals surface area (Å²) in [7, 11) is -4.39. The fraction of sp³-hybridized carbons (Fsp3) is 0.706. The summed E-state index contributed by atoms with van der Waals surface area (Å²) in [6, 6.07) is 6.20. The predicted octanol–water partition coefficient (Wildman–Crippen LogP) is 3.53. The molecule has 49 heavy (non-hydrogen) atoms. The molecule has 2 aliphatic carbocycles. The molecule has 2 amide bonds. The second-order valence-corrected chi connectivity index (χ2v) is 17.4. The van der Waals surface area contributed by atoms with Gasteiger partial charge < -0.3 is 14.5 Å². The molecule has 270 valence electrons. The van der Waals surface area contributed by atoms with Gasteiger partial charge in [-0.15, -0.1) is 5.10 Å². The minimum atomic E-state index is -4.39. The summed E-state index contributed by atoms with van der Waals surface area (Å²) in [6.07, 6.45) is 0.946. The summed E-state index contributed by atoms with van der Waals surface area (Å²) in [5, 5.41) is 8.22. The maximum Gasteiger partial charge on any atom is 0.362 e. The number of likely N-dealkylation sites (tertiary alicyclic amines) is 1. The topological polar surface area (TPSA) is 176 Å². The Morgan fingerprint density at radius 2 is 1.76 bits per heavy atom. The Hall–Kier alpha value is -3.59. The number of para-hydroxylation sites is 1. The third-order valence-electron chi connectivity index (χ3n) is 9.77. The van der Waals surface area contributed by atoms with Crippen molar-refractivity contribution >= 4 is 44.9 Å². The van der Waals surface area contributed by atoms with Crippen LogP contribution in [0.2, 0.25) is 0 Å². The molecule has 3 aliphatic rings. The Kier molecular flexibility index (Phi) is 9.69. The van der Waals surface area contributed by atoms with E-state index < -0.39 is 74.0 Å². The molecular weight excluding hydrogens is 654 g/mol. The van der Waals surface area contributed by atoms with E-state index >= 15 is 0 Å². The quantitative estimate of drug-likeness (QED) is 0.302. The standard InChI is InChI=1S/C34H49N5O9S/c1-9-21-18-34(21,30(43)36-49(44,45)48-33(8)14-15-33)19-27(40)26-16-22(47-39-25-13-11-10-12-24(25)35-37-39)20-38(26)29(42)23(31(2,3)4)17-28(41)46-32(5,6)7/h10-13,21-23,26H,9,14-20H2,1-8H3,(H,36,43)/t21-,22-,23-,26+,34-/m1/s1. The first-order valence-corrected chi connectivity index (χ1v) is 18.4. The zero-order valence-electron chi connectivity index (χ0n) is 29.6. The van der Waals surface area contributed by atoms with Crippen LogP contribution in [0, 0.1) is 22.7 Å². The predicted molar refractivity (Wildman–Crippen MR) is 178 cm³/mol. The van der Waals surface area contributed by atoms with Crippen molar-refractivity contribution in [3.05, 3.63) is 24.3 Å². The largest absolute Gasteiger partial charge is 0.460 e. The van der Waals surface area contributed by atoms with Crippen LogP contribution in [-0.4, -0.2) is 81.9 Å². The van der Waals surface area contributed by atoms with Gasteiger partial charge in [-0.25, -0.2) is 8.91 Å². The number of aromatic nitrogens is 3. The van der Waals surface area contributed by atoms with E-state index in [2.05, 4.69) is 15.0 Å². The number of nitrogens with zero attached hydrogens (tertiary/aromatic N) is 4. The second kappa shape index (κ2) is 12.9. The lowest BCUT2D eigenvalue weighted by molar-refractivity contribution is -0.161. The maximum absolute atomic E-state index is 14.4. The molecule has 2 aromatic rings. The highest BCUT2D eigenvalue weighted by Gasteiger charge is 2.62. The lowest BCUT2D eigenvalue weighted by atomic mass is 9.77. The number of esters is 1. The maximum atomic E-state index is 14.4. The van der Waals surface area contributed by atoms with Crippen LogP contribution in [0.3, 0.4) is 0 Å². The highest BCUT2D eigenvalue weighted by atomic mass is 32.2. The summed E-state index contributed by atoms with van der Waals surface area (Å²) < 4.78 is 38.3. The van der Waals surface area contributed by atoms with Gasteiger partial charge in [-0.1, -0.05) is 51.1 Å². The lowest BCUT2D eigenvalue weighted by Crippen LogP contribution is -2.49. The van der Waals surface area contributed by atoms with Crippen LogP contribution >= 0.6 is 0 Å². The first-order valence-electron chi connectivity index (χ1n) is 17.0. The number of hydrogen-bond acceptors (Lipinski definition) is 11. The average molecular weight is 704 g/mol. The number of nitrogens with one attached hydrogen (secondary N) is 1. The van der Waals surface area contributed by atoms with Gasteiger partial charge in [-0.3, -0.25) is 19.2 Å². The minimum Gasteiger partial charge on any atom is -0.460 e. The van der Waals surface area contributed by atoms with E-state index in [0.29, 0.717) is 36.7 Å². The van der Waals surface area contributed by atoms with E-state index in [0.717, 1.165) is 0 Å².